The fourth-order valence-electron chi connectivity index (χ4n) is 1.62. The van der Waals surface area contributed by atoms with E-state index in [1.165, 1.54) is 12.1 Å². The predicted molar refractivity (Wildman–Crippen MR) is 76.4 cm³/mol. The summed E-state index contributed by atoms with van der Waals surface area (Å²) in [5.41, 5.74) is 1.85. The van der Waals surface area contributed by atoms with Crippen LogP contribution in [0, 0.1) is 6.92 Å². The minimum absolute atomic E-state index is 0.0625. The molecule has 0 saturated heterocycles. The van der Waals surface area contributed by atoms with Crippen LogP contribution in [0.3, 0.4) is 0 Å². The number of rotatable bonds is 5. The van der Waals surface area contributed by atoms with Crippen molar-refractivity contribution in [3.63, 3.8) is 0 Å². The molecule has 2 rings (SSSR count). The highest BCUT2D eigenvalue weighted by Crippen LogP contribution is 2.09. The Morgan fingerprint density at radius 3 is 2.38 bits per heavy atom. The van der Waals surface area contributed by atoms with Crippen molar-refractivity contribution in [2.75, 3.05) is 0 Å². The maximum Gasteiger partial charge on any atom is 0.337 e. The van der Waals surface area contributed by atoms with Crippen LogP contribution in [0.1, 0.15) is 21.5 Å². The topological polar surface area (TPSA) is 96.4 Å². The second kappa shape index (κ2) is 6.02. The van der Waals surface area contributed by atoms with Crippen LogP contribution in [0.25, 0.3) is 0 Å². The lowest BCUT2D eigenvalue weighted by atomic mass is 10.2. The fourth-order valence-corrected chi connectivity index (χ4v) is 2.57. The van der Waals surface area contributed by atoms with Gasteiger partial charge in [-0.05, 0) is 24.6 Å². The van der Waals surface area contributed by atoms with Gasteiger partial charge in [0.25, 0.3) is 10.0 Å². The number of carboxylic acid groups (broad SMARTS) is 1. The Hall–Kier alpha value is -2.25. The van der Waals surface area contributed by atoms with Crippen LogP contribution in [0.5, 0.6) is 0 Å². The summed E-state index contributed by atoms with van der Waals surface area (Å²) >= 11 is 0. The van der Waals surface area contributed by atoms with E-state index in [1.54, 1.807) is 0 Å². The number of aromatic carboxylic acids is 1. The second-order valence-corrected chi connectivity index (χ2v) is 6.21. The number of nitrogens with zero attached hydrogens (tertiary/aromatic N) is 1. The van der Waals surface area contributed by atoms with Gasteiger partial charge in [0.05, 0.1) is 5.56 Å². The van der Waals surface area contributed by atoms with E-state index in [9.17, 15) is 13.2 Å². The zero-order valence-corrected chi connectivity index (χ0v) is 12.1. The summed E-state index contributed by atoms with van der Waals surface area (Å²) in [6, 6.07) is 9.82. The van der Waals surface area contributed by atoms with Crippen molar-refractivity contribution in [1.82, 2.24) is 9.71 Å². The zero-order valence-electron chi connectivity index (χ0n) is 11.3. The SMILES string of the molecule is Cc1ccc(CNS(=O)(=O)c2ccc(C(=O)O)cn2)cc1. The quantitative estimate of drug-likeness (QED) is 0.874. The summed E-state index contributed by atoms with van der Waals surface area (Å²) in [5, 5.41) is 8.54. The Balaban J connectivity index is 2.11. The van der Waals surface area contributed by atoms with Crippen molar-refractivity contribution in [3.8, 4) is 0 Å². The number of carboxylic acids is 1. The second-order valence-electron chi connectivity index (χ2n) is 4.50. The average molecular weight is 306 g/mol. The van der Waals surface area contributed by atoms with E-state index in [0.29, 0.717) is 0 Å². The molecular weight excluding hydrogens is 292 g/mol. The summed E-state index contributed by atoms with van der Waals surface area (Å²) in [7, 11) is -3.77. The van der Waals surface area contributed by atoms with Crippen molar-refractivity contribution < 1.29 is 18.3 Å². The maximum absolute atomic E-state index is 12.0. The van der Waals surface area contributed by atoms with Crippen molar-refractivity contribution in [1.29, 1.82) is 0 Å². The van der Waals surface area contributed by atoms with Gasteiger partial charge in [-0.1, -0.05) is 29.8 Å². The highest BCUT2D eigenvalue weighted by Gasteiger charge is 2.16. The van der Waals surface area contributed by atoms with Gasteiger partial charge in [0, 0.05) is 12.7 Å². The van der Waals surface area contributed by atoms with Crippen molar-refractivity contribution in [3.05, 3.63) is 59.3 Å². The molecule has 0 saturated carbocycles. The molecule has 0 unspecified atom stereocenters. The van der Waals surface area contributed by atoms with E-state index in [4.69, 9.17) is 5.11 Å². The van der Waals surface area contributed by atoms with Gasteiger partial charge < -0.3 is 5.11 Å². The summed E-state index contributed by atoms with van der Waals surface area (Å²) in [4.78, 5) is 14.4. The Bertz CT molecular complexity index is 738. The van der Waals surface area contributed by atoms with E-state index in [0.717, 1.165) is 17.3 Å². The molecular formula is C14H14N2O4S. The first-order chi connectivity index (χ1) is 9.88. The first-order valence-electron chi connectivity index (χ1n) is 6.13. The van der Waals surface area contributed by atoms with E-state index in [-0.39, 0.29) is 17.1 Å². The smallest absolute Gasteiger partial charge is 0.337 e. The maximum atomic E-state index is 12.0. The summed E-state index contributed by atoms with van der Waals surface area (Å²) in [5.74, 6) is -1.15. The number of hydrogen-bond donors (Lipinski definition) is 2. The normalized spacial score (nSPS) is 11.3. The molecule has 1 aromatic heterocycles. The Labute approximate surface area is 122 Å². The van der Waals surface area contributed by atoms with Gasteiger partial charge in [-0.3, -0.25) is 0 Å². The molecule has 7 heteroatoms. The lowest BCUT2D eigenvalue weighted by molar-refractivity contribution is 0.0696. The molecule has 1 aromatic carbocycles. The Morgan fingerprint density at radius 1 is 1.19 bits per heavy atom. The van der Waals surface area contributed by atoms with Crippen LogP contribution >= 0.6 is 0 Å². The van der Waals surface area contributed by atoms with Gasteiger partial charge in [0.2, 0.25) is 0 Å². The van der Waals surface area contributed by atoms with Gasteiger partial charge in [-0.15, -0.1) is 0 Å². The number of sulfonamides is 1. The molecule has 2 aromatic rings. The standard InChI is InChI=1S/C14H14N2O4S/c1-10-2-4-11(5-3-10)8-16-21(19,20)13-7-6-12(9-15-13)14(17)18/h2-7,9,16H,8H2,1H3,(H,17,18). The fraction of sp³-hybridized carbons (Fsp3) is 0.143. The molecule has 1 heterocycles. The third-order valence-electron chi connectivity index (χ3n) is 2.85. The highest BCUT2D eigenvalue weighted by atomic mass is 32.2. The van der Waals surface area contributed by atoms with Crippen molar-refractivity contribution in [2.24, 2.45) is 0 Å². The Kier molecular flexibility index (Phi) is 4.35. The lowest BCUT2D eigenvalue weighted by Crippen LogP contribution is -2.24. The Morgan fingerprint density at radius 2 is 1.86 bits per heavy atom. The van der Waals surface area contributed by atoms with E-state index >= 15 is 0 Å². The van der Waals surface area contributed by atoms with Gasteiger partial charge in [0.15, 0.2) is 5.03 Å². The van der Waals surface area contributed by atoms with Gasteiger partial charge >= 0.3 is 5.97 Å². The van der Waals surface area contributed by atoms with E-state index in [2.05, 4.69) is 9.71 Å². The number of pyridine rings is 1. The van der Waals surface area contributed by atoms with Crippen LogP contribution in [0.15, 0.2) is 47.6 Å². The molecule has 0 amide bonds. The molecule has 0 aliphatic heterocycles. The minimum atomic E-state index is -3.77. The summed E-state index contributed by atoms with van der Waals surface area (Å²) < 4.78 is 26.5. The lowest BCUT2D eigenvalue weighted by Gasteiger charge is -2.06. The summed E-state index contributed by atoms with van der Waals surface area (Å²) in [6.07, 6.45) is 1.02. The van der Waals surface area contributed by atoms with Crippen molar-refractivity contribution in [2.45, 2.75) is 18.5 Å². The van der Waals surface area contributed by atoms with Gasteiger partial charge in [-0.2, -0.15) is 0 Å². The van der Waals surface area contributed by atoms with Crippen LogP contribution in [-0.4, -0.2) is 24.5 Å². The zero-order chi connectivity index (χ0) is 15.5. The number of aryl methyl sites for hydroxylation is 1. The molecule has 0 spiro atoms. The first-order valence-corrected chi connectivity index (χ1v) is 7.61. The molecule has 2 N–H and O–H groups in total. The number of hydrogen-bond acceptors (Lipinski definition) is 4. The molecule has 0 atom stereocenters. The average Bonchev–Trinajstić information content (AvgIpc) is 2.47. The number of nitrogens with one attached hydrogen (secondary N) is 1. The molecule has 0 radical (unpaired) electrons. The van der Waals surface area contributed by atoms with Crippen LogP contribution in [-0.2, 0) is 16.6 Å². The van der Waals surface area contributed by atoms with Crippen molar-refractivity contribution >= 4 is 16.0 Å². The molecule has 0 aliphatic rings. The number of benzene rings is 1. The third kappa shape index (κ3) is 3.87. The molecule has 110 valence electrons. The van der Waals surface area contributed by atoms with Crippen LogP contribution in [0.4, 0.5) is 0 Å². The van der Waals surface area contributed by atoms with Gasteiger partial charge in [0.1, 0.15) is 0 Å². The minimum Gasteiger partial charge on any atom is -0.478 e. The molecule has 0 aliphatic carbocycles. The molecule has 0 fully saturated rings. The van der Waals surface area contributed by atoms with E-state index < -0.39 is 16.0 Å². The predicted octanol–water partition coefficient (Wildman–Crippen LogP) is 1.57. The molecule has 21 heavy (non-hydrogen) atoms. The van der Waals surface area contributed by atoms with Crippen LogP contribution in [0.2, 0.25) is 0 Å². The number of aromatic nitrogens is 1. The molecule has 6 nitrogen and oxygen atoms in total. The monoisotopic (exact) mass is 306 g/mol. The van der Waals surface area contributed by atoms with Gasteiger partial charge in [-0.25, -0.2) is 22.9 Å². The largest absolute Gasteiger partial charge is 0.478 e. The summed E-state index contributed by atoms with van der Waals surface area (Å²) in [6.45, 7) is 2.09. The highest BCUT2D eigenvalue weighted by molar-refractivity contribution is 7.89. The molecule has 0 bridgehead atoms. The first kappa shape index (κ1) is 15.1. The third-order valence-corrected chi connectivity index (χ3v) is 4.16. The van der Waals surface area contributed by atoms with Crippen LogP contribution < -0.4 is 4.72 Å². The van der Waals surface area contributed by atoms with E-state index in [1.807, 2.05) is 31.2 Å². The number of carbonyl (C=O) groups is 1.